The number of alkyl halides is 3. The van der Waals surface area contributed by atoms with Crippen LogP contribution >= 0.6 is 11.6 Å². The Morgan fingerprint density at radius 1 is 1.33 bits per heavy atom. The molecule has 0 atom stereocenters. The van der Waals surface area contributed by atoms with Gasteiger partial charge in [0.05, 0.1) is 17.7 Å². The largest absolute Gasteiger partial charge is 0.504 e. The Labute approximate surface area is 141 Å². The van der Waals surface area contributed by atoms with Gasteiger partial charge in [-0.15, -0.1) is 0 Å². The van der Waals surface area contributed by atoms with Gasteiger partial charge in [-0.25, -0.2) is 0 Å². The van der Waals surface area contributed by atoms with Crippen molar-refractivity contribution in [3.05, 3.63) is 35.1 Å². The monoisotopic (exact) mass is 361 g/mol. The van der Waals surface area contributed by atoms with Gasteiger partial charge in [0.1, 0.15) is 5.75 Å². The van der Waals surface area contributed by atoms with Gasteiger partial charge in [0.2, 0.25) is 5.88 Å². The maximum Gasteiger partial charge on any atom is 0.416 e. The number of hydrogen-bond acceptors (Lipinski definition) is 4. The molecule has 0 amide bonds. The summed E-state index contributed by atoms with van der Waals surface area (Å²) in [5.41, 5.74) is 5.84. The van der Waals surface area contributed by atoms with Gasteiger partial charge in [-0.2, -0.15) is 13.2 Å². The number of nitrogens with two attached hydrogens (primary N) is 1. The Hall–Kier alpha value is -2.28. The molecule has 1 aromatic heterocycles. The van der Waals surface area contributed by atoms with Crippen molar-refractivity contribution < 1.29 is 27.4 Å². The maximum atomic E-state index is 13.1. The molecule has 1 aromatic carbocycles. The molecule has 2 aromatic rings. The van der Waals surface area contributed by atoms with E-state index < -0.39 is 17.5 Å². The molecule has 8 heteroatoms. The van der Waals surface area contributed by atoms with Crippen LogP contribution in [0.2, 0.25) is 0 Å². The molecular weight excluding hydrogens is 347 g/mol. The first-order chi connectivity index (χ1) is 11.3. The fourth-order valence-corrected chi connectivity index (χ4v) is 2.23. The van der Waals surface area contributed by atoms with Crippen molar-refractivity contribution in [3.63, 3.8) is 0 Å². The predicted octanol–water partition coefficient (Wildman–Crippen LogP) is 5.25. The minimum absolute atomic E-state index is 0.0242. The average molecular weight is 362 g/mol. The lowest BCUT2D eigenvalue weighted by Gasteiger charge is -2.13. The summed E-state index contributed by atoms with van der Waals surface area (Å²) in [5.74, 6) is -0.648. The highest BCUT2D eigenvalue weighted by Crippen LogP contribution is 2.44. The van der Waals surface area contributed by atoms with E-state index in [0.29, 0.717) is 6.42 Å². The zero-order valence-electron chi connectivity index (χ0n) is 12.7. The highest BCUT2D eigenvalue weighted by Gasteiger charge is 2.32. The van der Waals surface area contributed by atoms with Gasteiger partial charge in [-0.3, -0.25) is 0 Å². The summed E-state index contributed by atoms with van der Waals surface area (Å²) < 4.78 is 49.8. The van der Waals surface area contributed by atoms with E-state index in [4.69, 9.17) is 26.5 Å². The molecule has 0 spiro atoms. The van der Waals surface area contributed by atoms with Crippen molar-refractivity contribution in [1.82, 2.24) is 0 Å². The summed E-state index contributed by atoms with van der Waals surface area (Å²) in [6, 6.07) is 3.13. The van der Waals surface area contributed by atoms with Gasteiger partial charge in [-0.1, -0.05) is 18.5 Å². The zero-order valence-corrected chi connectivity index (χ0v) is 13.4. The van der Waals surface area contributed by atoms with Crippen LogP contribution in [-0.4, -0.2) is 11.7 Å². The fraction of sp³-hybridized carbons (Fsp3) is 0.250. The fourth-order valence-electron chi connectivity index (χ4n) is 2.12. The molecule has 2 rings (SSSR count). The van der Waals surface area contributed by atoms with Crippen LogP contribution in [0.1, 0.15) is 24.7 Å². The number of hydrogen-bond donors (Lipinski definition) is 2. The van der Waals surface area contributed by atoms with Crippen LogP contribution in [0.15, 0.2) is 28.2 Å². The maximum absolute atomic E-state index is 13.1. The van der Waals surface area contributed by atoms with Crippen LogP contribution < -0.4 is 10.5 Å². The van der Waals surface area contributed by atoms with Crippen LogP contribution in [0.5, 0.6) is 11.5 Å². The molecule has 130 valence electrons. The number of ether oxygens (including phenoxy) is 1. The van der Waals surface area contributed by atoms with Crippen LogP contribution in [0, 0.1) is 0 Å². The van der Waals surface area contributed by atoms with Crippen molar-refractivity contribution in [2.45, 2.75) is 19.5 Å². The molecule has 0 bridgehead atoms. The molecule has 0 unspecified atom stereocenters. The second kappa shape index (κ2) is 7.09. The van der Waals surface area contributed by atoms with Crippen molar-refractivity contribution >= 4 is 23.6 Å². The van der Waals surface area contributed by atoms with Crippen LogP contribution in [0.4, 0.5) is 19.1 Å². The van der Waals surface area contributed by atoms with Gasteiger partial charge < -0.3 is 20.0 Å². The van der Waals surface area contributed by atoms with Crippen molar-refractivity contribution in [2.75, 3.05) is 12.3 Å². The SMILES string of the molecule is CCCOc1cc(-c2c(N)oc(C=CCl)c2O)cc(C(F)(F)F)c1. The van der Waals surface area contributed by atoms with Gasteiger partial charge in [0, 0.05) is 5.54 Å². The number of anilines is 1. The molecule has 1 heterocycles. The lowest BCUT2D eigenvalue weighted by atomic mass is 10.0. The molecule has 0 saturated carbocycles. The first kappa shape index (κ1) is 18.1. The highest BCUT2D eigenvalue weighted by molar-refractivity contribution is 6.27. The quantitative estimate of drug-likeness (QED) is 0.763. The van der Waals surface area contributed by atoms with Gasteiger partial charge in [0.15, 0.2) is 11.5 Å². The molecule has 0 saturated heterocycles. The van der Waals surface area contributed by atoms with E-state index >= 15 is 0 Å². The van der Waals surface area contributed by atoms with E-state index in [1.54, 1.807) is 0 Å². The summed E-state index contributed by atoms with van der Waals surface area (Å²) in [5, 5.41) is 10.1. The minimum Gasteiger partial charge on any atom is -0.504 e. The Morgan fingerprint density at radius 3 is 2.62 bits per heavy atom. The average Bonchev–Trinajstić information content (AvgIpc) is 2.78. The third kappa shape index (κ3) is 3.79. The second-order valence-electron chi connectivity index (χ2n) is 4.94. The summed E-state index contributed by atoms with van der Waals surface area (Å²) in [4.78, 5) is 0. The third-order valence-corrected chi connectivity index (χ3v) is 3.27. The van der Waals surface area contributed by atoms with E-state index in [2.05, 4.69) is 0 Å². The van der Waals surface area contributed by atoms with Gasteiger partial charge in [0.25, 0.3) is 0 Å². The van der Waals surface area contributed by atoms with E-state index in [0.717, 1.165) is 17.7 Å². The summed E-state index contributed by atoms with van der Waals surface area (Å²) >= 11 is 5.42. The predicted molar refractivity (Wildman–Crippen MR) is 85.9 cm³/mol. The third-order valence-electron chi connectivity index (χ3n) is 3.15. The molecule has 0 aliphatic carbocycles. The number of benzene rings is 1. The van der Waals surface area contributed by atoms with E-state index in [9.17, 15) is 18.3 Å². The molecule has 0 fully saturated rings. The smallest absolute Gasteiger partial charge is 0.416 e. The summed E-state index contributed by atoms with van der Waals surface area (Å²) in [6.07, 6.45) is -2.71. The first-order valence-corrected chi connectivity index (χ1v) is 7.45. The minimum atomic E-state index is -4.58. The van der Waals surface area contributed by atoms with Gasteiger partial charge in [-0.05, 0) is 36.3 Å². The number of aromatic hydroxyl groups is 1. The zero-order chi connectivity index (χ0) is 17.9. The van der Waals surface area contributed by atoms with Crippen LogP contribution in [-0.2, 0) is 6.18 Å². The molecule has 3 N–H and O–H groups in total. The van der Waals surface area contributed by atoms with Crippen molar-refractivity contribution in [3.8, 4) is 22.6 Å². The number of rotatable bonds is 5. The normalized spacial score (nSPS) is 12.0. The number of nitrogen functional groups attached to an aromatic ring is 1. The lowest BCUT2D eigenvalue weighted by molar-refractivity contribution is -0.137. The molecule has 24 heavy (non-hydrogen) atoms. The van der Waals surface area contributed by atoms with Crippen molar-refractivity contribution in [1.29, 1.82) is 0 Å². The topological polar surface area (TPSA) is 68.6 Å². The Morgan fingerprint density at radius 2 is 2.04 bits per heavy atom. The molecular formula is C16H15ClF3NO3. The molecule has 0 aliphatic heterocycles. The number of furan rings is 1. The second-order valence-corrected chi connectivity index (χ2v) is 5.19. The summed E-state index contributed by atoms with van der Waals surface area (Å²) in [7, 11) is 0. The summed E-state index contributed by atoms with van der Waals surface area (Å²) in [6.45, 7) is 2.09. The Bertz CT molecular complexity index is 754. The molecule has 4 nitrogen and oxygen atoms in total. The molecule has 0 radical (unpaired) electrons. The van der Waals surface area contributed by atoms with Crippen LogP contribution in [0.3, 0.4) is 0 Å². The lowest BCUT2D eigenvalue weighted by Crippen LogP contribution is -2.06. The van der Waals surface area contributed by atoms with Crippen molar-refractivity contribution in [2.24, 2.45) is 0 Å². The highest BCUT2D eigenvalue weighted by atomic mass is 35.5. The van der Waals surface area contributed by atoms with E-state index in [-0.39, 0.29) is 35.1 Å². The van der Waals surface area contributed by atoms with E-state index in [1.165, 1.54) is 12.1 Å². The standard InChI is InChI=1S/C16H15ClF3NO3/c1-2-5-23-11-7-9(6-10(8-11)16(18,19)20)13-14(22)12(3-4-17)24-15(13)21/h3-4,6-8,22H,2,5,21H2,1H3. The first-order valence-electron chi connectivity index (χ1n) is 7.01. The molecule has 0 aliphatic rings. The Kier molecular flexibility index (Phi) is 5.33. The Balaban J connectivity index is 2.61. The van der Waals surface area contributed by atoms with Crippen LogP contribution in [0.25, 0.3) is 17.2 Å². The van der Waals surface area contributed by atoms with E-state index in [1.807, 2.05) is 6.92 Å². The number of halogens is 4. The van der Waals surface area contributed by atoms with Gasteiger partial charge >= 0.3 is 6.18 Å².